The lowest BCUT2D eigenvalue weighted by Crippen LogP contribution is -2.28. The SMILES string of the molecule is O=C(O)C(c1ccc2c(c1)C=CC=NS2)C1C=c2ccccc2=c2ccc3c(c21)CCCC=3. The molecule has 3 aromatic rings. The molecule has 6 rings (SSSR count). The van der Waals surface area contributed by atoms with Crippen molar-refractivity contribution in [1.82, 2.24) is 0 Å². The summed E-state index contributed by atoms with van der Waals surface area (Å²) in [7, 11) is 0. The van der Waals surface area contributed by atoms with Gasteiger partial charge in [0.25, 0.3) is 0 Å². The van der Waals surface area contributed by atoms with Crippen molar-refractivity contribution >= 4 is 42.4 Å². The number of fused-ring (bicyclic) bond motifs is 5. The van der Waals surface area contributed by atoms with E-state index in [2.05, 4.69) is 46.9 Å². The average Bonchev–Trinajstić information content (AvgIpc) is 3.09. The Bertz CT molecular complexity index is 1570. The first-order chi connectivity index (χ1) is 16.2. The molecule has 1 N–H and O–H groups in total. The van der Waals surface area contributed by atoms with Crippen LogP contribution in [-0.4, -0.2) is 17.3 Å². The van der Waals surface area contributed by atoms with Gasteiger partial charge in [-0.2, -0.15) is 0 Å². The van der Waals surface area contributed by atoms with Crippen molar-refractivity contribution in [1.29, 1.82) is 0 Å². The summed E-state index contributed by atoms with van der Waals surface area (Å²) < 4.78 is 4.29. The third-order valence-electron chi connectivity index (χ3n) is 6.92. The van der Waals surface area contributed by atoms with Gasteiger partial charge < -0.3 is 5.11 Å². The van der Waals surface area contributed by atoms with Crippen molar-refractivity contribution in [3.8, 4) is 0 Å². The zero-order valence-corrected chi connectivity index (χ0v) is 18.9. The molecule has 0 amide bonds. The van der Waals surface area contributed by atoms with E-state index in [1.54, 1.807) is 6.21 Å². The van der Waals surface area contributed by atoms with E-state index in [9.17, 15) is 9.90 Å². The normalized spacial score (nSPS) is 18.5. The Kier molecular flexibility index (Phi) is 5.03. The van der Waals surface area contributed by atoms with E-state index in [4.69, 9.17) is 0 Å². The van der Waals surface area contributed by atoms with Crippen LogP contribution in [0.25, 0.3) is 18.2 Å². The van der Waals surface area contributed by atoms with E-state index in [1.807, 2.05) is 36.4 Å². The van der Waals surface area contributed by atoms with Gasteiger partial charge in [-0.3, -0.25) is 4.79 Å². The number of carboxylic acid groups (broad SMARTS) is 1. The lowest BCUT2D eigenvalue weighted by atomic mass is 9.74. The van der Waals surface area contributed by atoms with Crippen LogP contribution in [-0.2, 0) is 11.2 Å². The molecule has 2 aliphatic carbocycles. The second kappa shape index (κ2) is 8.20. The van der Waals surface area contributed by atoms with Gasteiger partial charge in [-0.05, 0) is 80.6 Å². The molecule has 3 aliphatic rings. The zero-order chi connectivity index (χ0) is 22.4. The van der Waals surface area contributed by atoms with Gasteiger partial charge in [-0.15, -0.1) is 0 Å². The Labute approximate surface area is 196 Å². The van der Waals surface area contributed by atoms with Gasteiger partial charge in [-0.1, -0.05) is 60.7 Å². The van der Waals surface area contributed by atoms with Gasteiger partial charge in [0.1, 0.15) is 0 Å². The Morgan fingerprint density at radius 1 is 1.06 bits per heavy atom. The molecule has 0 fully saturated rings. The van der Waals surface area contributed by atoms with E-state index in [1.165, 1.54) is 38.7 Å². The van der Waals surface area contributed by atoms with Gasteiger partial charge in [0, 0.05) is 29.0 Å². The van der Waals surface area contributed by atoms with E-state index < -0.39 is 11.9 Å². The molecule has 3 nitrogen and oxygen atoms in total. The van der Waals surface area contributed by atoms with Gasteiger partial charge in [0.2, 0.25) is 0 Å². The van der Waals surface area contributed by atoms with Crippen molar-refractivity contribution in [2.24, 2.45) is 4.40 Å². The molecule has 0 saturated heterocycles. The Balaban J connectivity index is 1.62. The largest absolute Gasteiger partial charge is 0.481 e. The van der Waals surface area contributed by atoms with Gasteiger partial charge in [0.15, 0.2) is 0 Å². The van der Waals surface area contributed by atoms with E-state index >= 15 is 0 Å². The molecular weight excluding hydrogens is 426 g/mol. The summed E-state index contributed by atoms with van der Waals surface area (Å²) in [5, 5.41) is 15.3. The molecule has 2 atom stereocenters. The minimum atomic E-state index is -0.791. The molecule has 0 saturated carbocycles. The van der Waals surface area contributed by atoms with Crippen LogP contribution in [0, 0.1) is 10.4 Å². The first-order valence-corrected chi connectivity index (χ1v) is 12.1. The Morgan fingerprint density at radius 3 is 2.88 bits per heavy atom. The van der Waals surface area contributed by atoms with E-state index in [0.717, 1.165) is 40.5 Å². The van der Waals surface area contributed by atoms with Gasteiger partial charge >= 0.3 is 5.97 Å². The maximum Gasteiger partial charge on any atom is 0.311 e. The Hall–Kier alpha value is -3.37. The molecule has 0 radical (unpaired) electrons. The summed E-state index contributed by atoms with van der Waals surface area (Å²) >= 11 is 1.42. The van der Waals surface area contributed by atoms with Gasteiger partial charge in [0.05, 0.1) is 5.92 Å². The van der Waals surface area contributed by atoms with Crippen molar-refractivity contribution in [2.75, 3.05) is 0 Å². The van der Waals surface area contributed by atoms with Gasteiger partial charge in [-0.25, -0.2) is 4.40 Å². The highest BCUT2D eigenvalue weighted by atomic mass is 32.2. The van der Waals surface area contributed by atoms with Crippen LogP contribution in [0.15, 0.2) is 70.0 Å². The zero-order valence-electron chi connectivity index (χ0n) is 18.1. The van der Waals surface area contributed by atoms with Crippen LogP contribution in [0.2, 0.25) is 0 Å². The Morgan fingerprint density at radius 2 is 1.97 bits per heavy atom. The van der Waals surface area contributed by atoms with Crippen molar-refractivity contribution in [2.45, 2.75) is 36.0 Å². The van der Waals surface area contributed by atoms with Crippen LogP contribution in [0.4, 0.5) is 0 Å². The van der Waals surface area contributed by atoms with Crippen LogP contribution in [0.5, 0.6) is 0 Å². The van der Waals surface area contributed by atoms with Crippen LogP contribution < -0.4 is 10.4 Å². The fraction of sp³-hybridized carbons (Fsp3) is 0.172. The summed E-state index contributed by atoms with van der Waals surface area (Å²) in [5.74, 6) is -1.69. The van der Waals surface area contributed by atoms with Crippen LogP contribution in [0.1, 0.15) is 46.9 Å². The fourth-order valence-corrected chi connectivity index (χ4v) is 6.08. The van der Waals surface area contributed by atoms with E-state index in [0.29, 0.717) is 0 Å². The molecule has 162 valence electrons. The summed E-state index contributed by atoms with van der Waals surface area (Å²) in [4.78, 5) is 13.9. The first kappa shape index (κ1) is 20.3. The highest BCUT2D eigenvalue weighted by Gasteiger charge is 2.33. The number of allylic oxidation sites excluding steroid dienone is 1. The third kappa shape index (κ3) is 3.46. The summed E-state index contributed by atoms with van der Waals surface area (Å²) in [6.45, 7) is 0. The highest BCUT2D eigenvalue weighted by molar-refractivity contribution is 7.98. The molecule has 33 heavy (non-hydrogen) atoms. The molecular formula is C29H23NO2S. The first-order valence-electron chi connectivity index (χ1n) is 11.4. The lowest BCUT2D eigenvalue weighted by molar-refractivity contribution is -0.139. The molecule has 3 aromatic carbocycles. The smallest absolute Gasteiger partial charge is 0.311 e. The van der Waals surface area contributed by atoms with E-state index in [-0.39, 0.29) is 5.92 Å². The highest BCUT2D eigenvalue weighted by Crippen LogP contribution is 2.40. The quantitative estimate of drug-likeness (QED) is 0.576. The molecule has 1 aliphatic heterocycles. The maximum atomic E-state index is 12.8. The van der Waals surface area contributed by atoms with Crippen molar-refractivity contribution in [3.63, 3.8) is 0 Å². The predicted molar refractivity (Wildman–Crippen MR) is 135 cm³/mol. The molecule has 0 spiro atoms. The number of carbonyl (C=O) groups is 1. The number of benzene rings is 3. The monoisotopic (exact) mass is 449 g/mol. The van der Waals surface area contributed by atoms with Crippen molar-refractivity contribution in [3.05, 3.63) is 104 Å². The van der Waals surface area contributed by atoms with Crippen LogP contribution >= 0.6 is 11.9 Å². The molecule has 0 aromatic heterocycles. The minimum Gasteiger partial charge on any atom is -0.481 e. The van der Waals surface area contributed by atoms with Crippen molar-refractivity contribution < 1.29 is 9.90 Å². The number of aliphatic carboxylic acids is 1. The lowest BCUT2D eigenvalue weighted by Gasteiger charge is -2.28. The number of carboxylic acids is 1. The standard InChI is InChI=1S/C29H23NO2S/c31-29(32)27(21-12-14-26-20(16-21)8-5-15-30-33-26)25-17-19-7-2-3-9-22(19)24-13-11-18-6-1-4-10-23(18)28(24)25/h2-3,5-9,11-17,25,27H,1,4,10H2,(H,31,32). The second-order valence-electron chi connectivity index (χ2n) is 8.79. The average molecular weight is 450 g/mol. The number of hydrogen-bond acceptors (Lipinski definition) is 3. The maximum absolute atomic E-state index is 12.8. The summed E-state index contributed by atoms with van der Waals surface area (Å²) in [5.41, 5.74) is 4.36. The second-order valence-corrected chi connectivity index (χ2v) is 9.62. The predicted octanol–water partition coefficient (Wildman–Crippen LogP) is 4.94. The third-order valence-corrected chi connectivity index (χ3v) is 7.72. The minimum absolute atomic E-state index is 0.231. The summed E-state index contributed by atoms with van der Waals surface area (Å²) in [6.07, 6.45) is 13.3. The topological polar surface area (TPSA) is 49.7 Å². The number of hydrogen-bond donors (Lipinski definition) is 1. The van der Waals surface area contributed by atoms with Crippen LogP contribution in [0.3, 0.4) is 0 Å². The summed E-state index contributed by atoms with van der Waals surface area (Å²) in [6, 6.07) is 18.8. The number of rotatable bonds is 3. The molecule has 2 unspecified atom stereocenters. The molecule has 4 heteroatoms. The molecule has 1 heterocycles. The fourth-order valence-electron chi connectivity index (χ4n) is 5.48. The number of nitrogens with zero attached hydrogens (tertiary/aromatic N) is 1. The molecule has 0 bridgehead atoms.